The van der Waals surface area contributed by atoms with Crippen molar-refractivity contribution in [2.24, 2.45) is 0 Å². The van der Waals surface area contributed by atoms with E-state index in [0.29, 0.717) is 6.61 Å². The fraction of sp³-hybridized carbons (Fsp3) is 0.625. The zero-order valence-electron chi connectivity index (χ0n) is 11.6. The van der Waals surface area contributed by atoms with Gasteiger partial charge in [0.15, 0.2) is 0 Å². The van der Waals surface area contributed by atoms with Gasteiger partial charge in [-0.05, 0) is 36.8 Å². The summed E-state index contributed by atoms with van der Waals surface area (Å²) in [4.78, 5) is 2.56. The highest BCUT2D eigenvalue weighted by atomic mass is 16.3. The van der Waals surface area contributed by atoms with Crippen LogP contribution in [0.25, 0.3) is 0 Å². The summed E-state index contributed by atoms with van der Waals surface area (Å²) in [7, 11) is 0. The number of hydrogen-bond donors (Lipinski definition) is 2. The number of nitrogens with one attached hydrogen (secondary N) is 1. The van der Waals surface area contributed by atoms with Gasteiger partial charge in [0.25, 0.3) is 0 Å². The summed E-state index contributed by atoms with van der Waals surface area (Å²) in [6.07, 6.45) is 6.06. The number of aliphatic hydroxyl groups is 1. The lowest BCUT2D eigenvalue weighted by molar-refractivity contribution is 0.109. The van der Waals surface area contributed by atoms with E-state index in [2.05, 4.69) is 28.4 Å². The van der Waals surface area contributed by atoms with Crippen molar-refractivity contribution in [1.82, 2.24) is 4.90 Å². The molecular weight excluding hydrogens is 236 g/mol. The van der Waals surface area contributed by atoms with Crippen LogP contribution < -0.4 is 5.32 Å². The van der Waals surface area contributed by atoms with Gasteiger partial charge in [-0.2, -0.15) is 0 Å². The highest BCUT2D eigenvalue weighted by Gasteiger charge is 2.25. The Balaban J connectivity index is 1.72. The van der Waals surface area contributed by atoms with E-state index in [9.17, 15) is 0 Å². The molecule has 104 valence electrons. The molecule has 0 saturated heterocycles. The molecule has 1 aromatic rings. The maximum absolute atomic E-state index is 9.07. The number of anilines is 1. The minimum absolute atomic E-state index is 0.300. The Morgan fingerprint density at radius 3 is 2.95 bits per heavy atom. The minimum atomic E-state index is 0.300. The number of benzene rings is 1. The maximum atomic E-state index is 9.07. The van der Waals surface area contributed by atoms with Gasteiger partial charge in [-0.1, -0.05) is 24.6 Å². The Morgan fingerprint density at radius 1 is 1.32 bits per heavy atom. The molecule has 0 aromatic heterocycles. The maximum Gasteiger partial charge on any atom is 0.0443 e. The minimum Gasteiger partial charge on any atom is -0.396 e. The third-order valence-corrected chi connectivity index (χ3v) is 4.50. The molecule has 3 heteroatoms. The van der Waals surface area contributed by atoms with E-state index in [-0.39, 0.29) is 0 Å². The molecule has 2 aliphatic rings. The zero-order valence-corrected chi connectivity index (χ0v) is 11.6. The van der Waals surface area contributed by atoms with Crippen molar-refractivity contribution >= 4 is 5.69 Å². The van der Waals surface area contributed by atoms with E-state index >= 15 is 0 Å². The van der Waals surface area contributed by atoms with Crippen molar-refractivity contribution in [3.63, 3.8) is 0 Å². The van der Waals surface area contributed by atoms with E-state index in [0.717, 1.165) is 38.5 Å². The Hall–Kier alpha value is -1.06. The van der Waals surface area contributed by atoms with Gasteiger partial charge in [-0.3, -0.25) is 4.90 Å². The van der Waals surface area contributed by atoms with Gasteiger partial charge >= 0.3 is 0 Å². The second-order valence-corrected chi connectivity index (χ2v) is 5.76. The van der Waals surface area contributed by atoms with Crippen LogP contribution in [0.1, 0.15) is 36.8 Å². The predicted octanol–water partition coefficient (Wildman–Crippen LogP) is 2.39. The number of nitrogens with zero attached hydrogens (tertiary/aromatic N) is 1. The van der Waals surface area contributed by atoms with E-state index in [4.69, 9.17) is 5.11 Å². The Labute approximate surface area is 115 Å². The summed E-state index contributed by atoms with van der Waals surface area (Å²) in [5, 5.41) is 12.6. The molecular formula is C16H24N2O. The summed E-state index contributed by atoms with van der Waals surface area (Å²) in [5.41, 5.74) is 4.27. The van der Waals surface area contributed by atoms with Crippen LogP contribution in [0.5, 0.6) is 0 Å². The van der Waals surface area contributed by atoms with Crippen molar-refractivity contribution in [2.45, 2.75) is 44.7 Å². The molecule has 0 unspecified atom stereocenters. The van der Waals surface area contributed by atoms with Crippen LogP contribution in [-0.2, 0) is 13.0 Å². The summed E-state index contributed by atoms with van der Waals surface area (Å²) in [5.74, 6) is 0. The number of hydrogen-bond acceptors (Lipinski definition) is 3. The fourth-order valence-electron chi connectivity index (χ4n) is 3.18. The summed E-state index contributed by atoms with van der Waals surface area (Å²) < 4.78 is 0. The number of rotatable bonds is 6. The highest BCUT2D eigenvalue weighted by Crippen LogP contribution is 2.31. The quantitative estimate of drug-likeness (QED) is 0.824. The molecule has 19 heavy (non-hydrogen) atoms. The first-order valence-corrected chi connectivity index (χ1v) is 7.58. The van der Waals surface area contributed by atoms with Crippen LogP contribution in [0, 0.1) is 0 Å². The molecule has 3 nitrogen and oxygen atoms in total. The topological polar surface area (TPSA) is 35.5 Å². The molecule has 1 aliphatic carbocycles. The first-order valence-electron chi connectivity index (χ1n) is 7.58. The van der Waals surface area contributed by atoms with Crippen LogP contribution in [0.15, 0.2) is 18.2 Å². The second-order valence-electron chi connectivity index (χ2n) is 5.76. The first-order chi connectivity index (χ1) is 9.38. The summed E-state index contributed by atoms with van der Waals surface area (Å²) in [6, 6.07) is 7.41. The van der Waals surface area contributed by atoms with Crippen molar-refractivity contribution < 1.29 is 5.11 Å². The van der Waals surface area contributed by atoms with E-state index in [1.165, 1.54) is 36.1 Å². The SMILES string of the molecule is OCCCN(Cc1cccc2c1NCC2)C1CCC1. The number of fused-ring (bicyclic) bond motifs is 1. The van der Waals surface area contributed by atoms with Gasteiger partial charge in [0, 0.05) is 38.0 Å². The molecule has 0 radical (unpaired) electrons. The molecule has 3 rings (SSSR count). The largest absolute Gasteiger partial charge is 0.396 e. The Morgan fingerprint density at radius 2 is 2.21 bits per heavy atom. The molecule has 2 N–H and O–H groups in total. The summed E-state index contributed by atoms with van der Waals surface area (Å²) in [6.45, 7) is 3.42. The lowest BCUT2D eigenvalue weighted by Gasteiger charge is -2.38. The highest BCUT2D eigenvalue weighted by molar-refractivity contribution is 5.61. The molecule has 1 aromatic carbocycles. The molecule has 0 atom stereocenters. The molecule has 0 bridgehead atoms. The summed E-state index contributed by atoms with van der Waals surface area (Å²) >= 11 is 0. The van der Waals surface area contributed by atoms with Gasteiger partial charge in [-0.15, -0.1) is 0 Å². The van der Waals surface area contributed by atoms with E-state index < -0.39 is 0 Å². The van der Waals surface area contributed by atoms with Crippen molar-refractivity contribution in [2.75, 3.05) is 25.0 Å². The number of aliphatic hydroxyl groups excluding tert-OH is 1. The van der Waals surface area contributed by atoms with Crippen molar-refractivity contribution in [1.29, 1.82) is 0 Å². The molecule has 0 amide bonds. The van der Waals surface area contributed by atoms with Gasteiger partial charge < -0.3 is 10.4 Å². The van der Waals surface area contributed by atoms with Crippen LogP contribution in [0.4, 0.5) is 5.69 Å². The molecule has 1 aliphatic heterocycles. The Bertz CT molecular complexity index is 429. The van der Waals surface area contributed by atoms with Gasteiger partial charge in [0.2, 0.25) is 0 Å². The normalized spacial score (nSPS) is 18.2. The molecule has 0 spiro atoms. The number of para-hydroxylation sites is 1. The fourth-order valence-corrected chi connectivity index (χ4v) is 3.18. The predicted molar refractivity (Wildman–Crippen MR) is 78.4 cm³/mol. The standard InChI is InChI=1S/C16H24N2O/c19-11-3-10-18(15-6-2-7-15)12-14-5-1-4-13-8-9-17-16(13)14/h1,4-5,15,17,19H,2-3,6-12H2. The zero-order chi connectivity index (χ0) is 13.1. The van der Waals surface area contributed by atoms with Gasteiger partial charge in [-0.25, -0.2) is 0 Å². The van der Waals surface area contributed by atoms with Gasteiger partial charge in [0.05, 0.1) is 0 Å². The average molecular weight is 260 g/mol. The van der Waals surface area contributed by atoms with E-state index in [1.807, 2.05) is 0 Å². The third kappa shape index (κ3) is 2.77. The van der Waals surface area contributed by atoms with E-state index in [1.54, 1.807) is 0 Å². The van der Waals surface area contributed by atoms with Crippen LogP contribution in [-0.4, -0.2) is 35.7 Å². The smallest absolute Gasteiger partial charge is 0.0443 e. The van der Waals surface area contributed by atoms with Crippen LogP contribution in [0.2, 0.25) is 0 Å². The average Bonchev–Trinajstić information content (AvgIpc) is 2.83. The molecule has 1 heterocycles. The van der Waals surface area contributed by atoms with Crippen molar-refractivity contribution in [3.05, 3.63) is 29.3 Å². The first kappa shape index (κ1) is 12.9. The third-order valence-electron chi connectivity index (χ3n) is 4.50. The monoisotopic (exact) mass is 260 g/mol. The van der Waals surface area contributed by atoms with Gasteiger partial charge in [0.1, 0.15) is 0 Å². The second kappa shape index (κ2) is 5.93. The van der Waals surface area contributed by atoms with Crippen LogP contribution in [0.3, 0.4) is 0 Å². The Kier molecular flexibility index (Phi) is 4.04. The molecule has 1 saturated carbocycles. The lowest BCUT2D eigenvalue weighted by Crippen LogP contribution is -2.40. The van der Waals surface area contributed by atoms with Crippen molar-refractivity contribution in [3.8, 4) is 0 Å². The lowest BCUT2D eigenvalue weighted by atomic mass is 9.90. The molecule has 1 fully saturated rings. The van der Waals surface area contributed by atoms with Crippen LogP contribution >= 0.6 is 0 Å².